The van der Waals surface area contributed by atoms with E-state index >= 15 is 0 Å². The maximum Gasteiger partial charge on any atom is 0.328 e. The zero-order valence-electron chi connectivity index (χ0n) is 9.58. The Balaban J connectivity index is 2.47. The third kappa shape index (κ3) is 3.90. The zero-order valence-corrected chi connectivity index (χ0v) is 9.58. The molecule has 0 radical (unpaired) electrons. The molecule has 1 aliphatic rings. The fraction of sp³-hybridized carbons (Fsp3) is 0.818. The number of rotatable bonds is 5. The van der Waals surface area contributed by atoms with E-state index in [1.54, 1.807) is 13.8 Å². The predicted octanol–water partition coefficient (Wildman–Crippen LogP) is 1.10. The molecule has 1 saturated carbocycles. The van der Waals surface area contributed by atoms with Gasteiger partial charge in [0, 0.05) is 5.92 Å². The van der Waals surface area contributed by atoms with Crippen molar-refractivity contribution < 1.29 is 14.3 Å². The van der Waals surface area contributed by atoms with Gasteiger partial charge in [-0.2, -0.15) is 0 Å². The van der Waals surface area contributed by atoms with E-state index in [1.165, 1.54) is 7.11 Å². The molecule has 4 heteroatoms. The van der Waals surface area contributed by atoms with Gasteiger partial charge in [-0.25, -0.2) is 4.79 Å². The molecule has 0 aromatic carbocycles. The fourth-order valence-electron chi connectivity index (χ4n) is 1.38. The largest absolute Gasteiger partial charge is 0.467 e. The van der Waals surface area contributed by atoms with Gasteiger partial charge in [0.1, 0.15) is 6.04 Å². The van der Waals surface area contributed by atoms with E-state index in [1.807, 2.05) is 0 Å². The number of methoxy groups -OCH3 is 1. The second-order valence-electron chi connectivity index (χ2n) is 4.42. The summed E-state index contributed by atoms with van der Waals surface area (Å²) in [6.07, 6.45) is 3.03. The van der Waals surface area contributed by atoms with Gasteiger partial charge in [0.25, 0.3) is 0 Å². The molecule has 15 heavy (non-hydrogen) atoms. The lowest BCUT2D eigenvalue weighted by Gasteiger charge is -2.17. The van der Waals surface area contributed by atoms with E-state index in [2.05, 4.69) is 10.1 Å². The van der Waals surface area contributed by atoms with Crippen LogP contribution in [0, 0.1) is 11.8 Å². The molecule has 1 rings (SSSR count). The van der Waals surface area contributed by atoms with Gasteiger partial charge in [-0.3, -0.25) is 4.79 Å². The number of carbonyl (C=O) groups is 2. The minimum Gasteiger partial charge on any atom is -0.467 e. The summed E-state index contributed by atoms with van der Waals surface area (Å²) >= 11 is 0. The first-order valence-corrected chi connectivity index (χ1v) is 5.42. The van der Waals surface area contributed by atoms with Crippen molar-refractivity contribution in [2.75, 3.05) is 7.11 Å². The van der Waals surface area contributed by atoms with E-state index in [0.29, 0.717) is 12.3 Å². The summed E-state index contributed by atoms with van der Waals surface area (Å²) in [7, 11) is 1.35. The Morgan fingerprint density at radius 3 is 2.40 bits per heavy atom. The molecule has 1 aliphatic carbocycles. The van der Waals surface area contributed by atoms with E-state index in [0.717, 1.165) is 12.8 Å². The average Bonchev–Trinajstić information content (AvgIpc) is 2.99. The van der Waals surface area contributed by atoms with Crippen molar-refractivity contribution in [3.63, 3.8) is 0 Å². The molecule has 0 bridgehead atoms. The molecule has 0 aromatic heterocycles. The molecule has 1 atom stereocenters. The Labute approximate surface area is 90.4 Å². The quantitative estimate of drug-likeness (QED) is 0.696. The number of hydrogen-bond acceptors (Lipinski definition) is 3. The van der Waals surface area contributed by atoms with Crippen molar-refractivity contribution in [2.24, 2.45) is 11.8 Å². The van der Waals surface area contributed by atoms with Crippen LogP contribution in [0.2, 0.25) is 0 Å². The number of amides is 1. The highest BCUT2D eigenvalue weighted by atomic mass is 16.5. The van der Waals surface area contributed by atoms with Crippen molar-refractivity contribution in [1.82, 2.24) is 5.32 Å². The van der Waals surface area contributed by atoms with E-state index in [9.17, 15) is 9.59 Å². The van der Waals surface area contributed by atoms with Crippen molar-refractivity contribution in [1.29, 1.82) is 0 Å². The highest BCUT2D eigenvalue weighted by Gasteiger charge is 2.31. The third-order valence-electron chi connectivity index (χ3n) is 2.59. The Hall–Kier alpha value is -1.06. The van der Waals surface area contributed by atoms with Crippen LogP contribution < -0.4 is 5.32 Å². The summed E-state index contributed by atoms with van der Waals surface area (Å²) < 4.78 is 4.67. The van der Waals surface area contributed by atoms with Crippen molar-refractivity contribution in [2.45, 2.75) is 39.2 Å². The van der Waals surface area contributed by atoms with Crippen LogP contribution in [-0.2, 0) is 14.3 Å². The number of esters is 1. The van der Waals surface area contributed by atoms with Crippen molar-refractivity contribution >= 4 is 11.9 Å². The van der Waals surface area contributed by atoms with Crippen LogP contribution in [0.4, 0.5) is 0 Å². The van der Waals surface area contributed by atoms with Crippen LogP contribution in [0.3, 0.4) is 0 Å². The van der Waals surface area contributed by atoms with E-state index in [4.69, 9.17) is 0 Å². The zero-order chi connectivity index (χ0) is 11.4. The summed E-state index contributed by atoms with van der Waals surface area (Å²) in [6, 6.07) is -0.461. The molecular formula is C11H19NO3. The lowest BCUT2D eigenvalue weighted by molar-refractivity contribution is -0.145. The molecule has 0 heterocycles. The molecule has 0 spiro atoms. The van der Waals surface area contributed by atoms with E-state index < -0.39 is 6.04 Å². The van der Waals surface area contributed by atoms with Crippen LogP contribution in [0.15, 0.2) is 0 Å². The molecule has 86 valence electrons. The summed E-state index contributed by atoms with van der Waals surface area (Å²) in [5, 5.41) is 2.72. The van der Waals surface area contributed by atoms with Gasteiger partial charge in [-0.05, 0) is 12.3 Å². The van der Waals surface area contributed by atoms with Crippen molar-refractivity contribution in [3.05, 3.63) is 0 Å². The first-order valence-electron chi connectivity index (χ1n) is 5.42. The second-order valence-corrected chi connectivity index (χ2v) is 4.42. The first kappa shape index (κ1) is 12.0. The summed E-state index contributed by atoms with van der Waals surface area (Å²) in [6.45, 7) is 3.61. The Bertz CT molecular complexity index is 246. The third-order valence-corrected chi connectivity index (χ3v) is 2.59. The summed E-state index contributed by atoms with van der Waals surface area (Å²) in [4.78, 5) is 22.9. The molecule has 1 fully saturated rings. The van der Waals surface area contributed by atoms with Crippen molar-refractivity contribution in [3.8, 4) is 0 Å². The molecular weight excluding hydrogens is 194 g/mol. The fourth-order valence-corrected chi connectivity index (χ4v) is 1.38. The van der Waals surface area contributed by atoms with E-state index in [-0.39, 0.29) is 17.8 Å². The topological polar surface area (TPSA) is 55.4 Å². The average molecular weight is 213 g/mol. The molecule has 0 saturated heterocycles. The smallest absolute Gasteiger partial charge is 0.328 e. The predicted molar refractivity (Wildman–Crippen MR) is 56.1 cm³/mol. The maximum absolute atomic E-state index is 11.5. The Morgan fingerprint density at radius 2 is 2.00 bits per heavy atom. The Morgan fingerprint density at radius 1 is 1.40 bits per heavy atom. The number of ether oxygens (including phenoxy) is 1. The van der Waals surface area contributed by atoms with Gasteiger partial charge >= 0.3 is 5.97 Å². The molecule has 4 nitrogen and oxygen atoms in total. The molecule has 1 N–H and O–H groups in total. The minimum absolute atomic E-state index is 0.0916. The highest BCUT2D eigenvalue weighted by molar-refractivity contribution is 5.85. The van der Waals surface area contributed by atoms with Gasteiger partial charge in [0.15, 0.2) is 0 Å². The second kappa shape index (κ2) is 5.14. The molecule has 0 aromatic rings. The number of hydrogen-bond donors (Lipinski definition) is 1. The van der Waals surface area contributed by atoms with Crippen LogP contribution >= 0.6 is 0 Å². The molecule has 1 amide bonds. The summed E-state index contributed by atoms with van der Waals surface area (Å²) in [5.74, 6) is 0.0554. The van der Waals surface area contributed by atoms with Gasteiger partial charge < -0.3 is 10.1 Å². The lowest BCUT2D eigenvalue weighted by atomic mass is 10.1. The Kier molecular flexibility index (Phi) is 4.12. The SMILES string of the molecule is COC(=O)[C@@H](CC1CC1)NC(=O)C(C)C. The van der Waals surface area contributed by atoms with Gasteiger partial charge in [-0.1, -0.05) is 26.7 Å². The van der Waals surface area contributed by atoms with Gasteiger partial charge in [-0.15, -0.1) is 0 Å². The number of nitrogens with one attached hydrogen (secondary N) is 1. The highest BCUT2D eigenvalue weighted by Crippen LogP contribution is 2.33. The molecule has 0 unspecified atom stereocenters. The number of carbonyl (C=O) groups excluding carboxylic acids is 2. The van der Waals surface area contributed by atoms with Gasteiger partial charge in [0.05, 0.1) is 7.11 Å². The standard InChI is InChI=1S/C11H19NO3/c1-7(2)10(13)12-9(11(14)15-3)6-8-4-5-8/h7-9H,4-6H2,1-3H3,(H,12,13)/t9-/m1/s1. The van der Waals surface area contributed by atoms with Crippen LogP contribution in [-0.4, -0.2) is 25.0 Å². The monoisotopic (exact) mass is 213 g/mol. The normalized spacial score (nSPS) is 17.3. The maximum atomic E-state index is 11.5. The van der Waals surface area contributed by atoms with Crippen LogP contribution in [0.5, 0.6) is 0 Å². The summed E-state index contributed by atoms with van der Waals surface area (Å²) in [5.41, 5.74) is 0. The lowest BCUT2D eigenvalue weighted by Crippen LogP contribution is -2.43. The minimum atomic E-state index is -0.461. The molecule has 0 aliphatic heterocycles. The first-order chi connectivity index (χ1) is 7.04. The van der Waals surface area contributed by atoms with Crippen LogP contribution in [0.25, 0.3) is 0 Å². The van der Waals surface area contributed by atoms with Gasteiger partial charge in [0.2, 0.25) is 5.91 Å². The van der Waals surface area contributed by atoms with Crippen LogP contribution in [0.1, 0.15) is 33.1 Å².